The zero-order valence-corrected chi connectivity index (χ0v) is 13.6. The molecule has 0 saturated carbocycles. The Bertz CT molecular complexity index is 566. The molecule has 1 aromatic carbocycles. The van der Waals surface area contributed by atoms with Crippen molar-refractivity contribution in [3.63, 3.8) is 0 Å². The van der Waals surface area contributed by atoms with Crippen LogP contribution in [0, 0.1) is 0 Å². The molecular formula is C15H20BrN3O. The number of benzene rings is 1. The summed E-state index contributed by atoms with van der Waals surface area (Å²) in [5, 5.41) is 7.40. The summed E-state index contributed by atoms with van der Waals surface area (Å²) in [6, 6.07) is 6.66. The van der Waals surface area contributed by atoms with Gasteiger partial charge in [-0.3, -0.25) is 4.68 Å². The summed E-state index contributed by atoms with van der Waals surface area (Å²) in [5.41, 5.74) is 2.37. The van der Waals surface area contributed by atoms with Gasteiger partial charge in [-0.15, -0.1) is 0 Å². The lowest BCUT2D eigenvalue weighted by Crippen LogP contribution is -2.05. The third-order valence-electron chi connectivity index (χ3n) is 3.00. The molecule has 0 spiro atoms. The molecule has 0 radical (unpaired) electrons. The van der Waals surface area contributed by atoms with E-state index < -0.39 is 0 Å². The molecule has 0 unspecified atom stereocenters. The molecule has 20 heavy (non-hydrogen) atoms. The van der Waals surface area contributed by atoms with Gasteiger partial charge in [0.15, 0.2) is 5.75 Å². The highest BCUT2D eigenvalue weighted by Crippen LogP contribution is 2.21. The molecule has 0 saturated heterocycles. The van der Waals surface area contributed by atoms with Gasteiger partial charge in [0.05, 0.1) is 12.4 Å². The summed E-state index contributed by atoms with van der Waals surface area (Å²) in [6.07, 6.45) is 3.68. The highest BCUT2D eigenvalue weighted by atomic mass is 79.9. The lowest BCUT2D eigenvalue weighted by atomic mass is 10.1. The fourth-order valence-corrected chi connectivity index (χ4v) is 2.40. The van der Waals surface area contributed by atoms with Gasteiger partial charge in [0.25, 0.3) is 0 Å². The van der Waals surface area contributed by atoms with E-state index in [1.165, 1.54) is 5.56 Å². The smallest absolute Gasteiger partial charge is 0.157 e. The van der Waals surface area contributed by atoms with E-state index in [1.54, 1.807) is 6.20 Å². The maximum atomic E-state index is 5.77. The van der Waals surface area contributed by atoms with E-state index in [9.17, 15) is 0 Å². The fraction of sp³-hybridized carbons (Fsp3) is 0.400. The normalized spacial score (nSPS) is 11.1. The highest BCUT2D eigenvalue weighted by Gasteiger charge is 2.05. The minimum absolute atomic E-state index is 0.347. The molecule has 0 atom stereocenters. The largest absolute Gasteiger partial charge is 0.486 e. The quantitative estimate of drug-likeness (QED) is 0.876. The van der Waals surface area contributed by atoms with E-state index in [-0.39, 0.29) is 0 Å². The number of halogens is 1. The first-order chi connectivity index (χ1) is 9.60. The summed E-state index contributed by atoms with van der Waals surface area (Å²) in [4.78, 5) is 0. The van der Waals surface area contributed by atoms with Gasteiger partial charge in [-0.2, -0.15) is 5.10 Å². The molecule has 4 nitrogen and oxygen atoms in total. The van der Waals surface area contributed by atoms with Gasteiger partial charge < -0.3 is 10.1 Å². The van der Waals surface area contributed by atoms with E-state index in [2.05, 4.69) is 58.4 Å². The summed E-state index contributed by atoms with van der Waals surface area (Å²) in [5.74, 6) is 0.796. The average molecular weight is 338 g/mol. The molecule has 1 N–H and O–H groups in total. The highest BCUT2D eigenvalue weighted by molar-refractivity contribution is 9.10. The first kappa shape index (κ1) is 15.1. The van der Waals surface area contributed by atoms with Gasteiger partial charge in [-0.05, 0) is 32.5 Å². The second-order valence-corrected chi connectivity index (χ2v) is 5.85. The number of nitrogens with one attached hydrogen (secondary N) is 1. The average Bonchev–Trinajstić information content (AvgIpc) is 2.87. The molecule has 0 aliphatic rings. The van der Waals surface area contributed by atoms with Crippen LogP contribution in [0.4, 0.5) is 0 Å². The standard InChI is InChI=1S/C15H20BrN3O/c1-11(2)19-9-14(8-18-19)20-10-13-5-4-12(7-17-3)6-15(13)16/h4-6,8-9,11,17H,7,10H2,1-3H3. The minimum Gasteiger partial charge on any atom is -0.486 e. The van der Waals surface area contributed by atoms with Crippen LogP contribution < -0.4 is 10.1 Å². The fourth-order valence-electron chi connectivity index (χ4n) is 1.86. The molecular weight excluding hydrogens is 318 g/mol. The van der Waals surface area contributed by atoms with Crippen LogP contribution in [0.25, 0.3) is 0 Å². The van der Waals surface area contributed by atoms with Crippen molar-refractivity contribution in [2.75, 3.05) is 7.05 Å². The molecule has 108 valence electrons. The van der Waals surface area contributed by atoms with Gasteiger partial charge in [0.2, 0.25) is 0 Å². The number of hydrogen-bond donors (Lipinski definition) is 1. The Morgan fingerprint density at radius 3 is 2.80 bits per heavy atom. The van der Waals surface area contributed by atoms with Crippen molar-refractivity contribution in [3.05, 3.63) is 46.2 Å². The number of ether oxygens (including phenoxy) is 1. The molecule has 0 aliphatic carbocycles. The van der Waals surface area contributed by atoms with Crippen LogP contribution >= 0.6 is 15.9 Å². The third kappa shape index (κ3) is 3.84. The van der Waals surface area contributed by atoms with Crippen LogP contribution in [-0.2, 0) is 13.2 Å². The lowest BCUT2D eigenvalue weighted by Gasteiger charge is -2.08. The van der Waals surface area contributed by atoms with Crippen molar-refractivity contribution >= 4 is 15.9 Å². The summed E-state index contributed by atoms with van der Waals surface area (Å²) < 4.78 is 8.73. The predicted octanol–water partition coefficient (Wildman–Crippen LogP) is 3.52. The van der Waals surface area contributed by atoms with Gasteiger partial charge in [0, 0.05) is 22.6 Å². The van der Waals surface area contributed by atoms with Gasteiger partial charge in [0.1, 0.15) is 6.61 Å². The third-order valence-corrected chi connectivity index (χ3v) is 3.74. The van der Waals surface area contributed by atoms with Crippen molar-refractivity contribution in [2.45, 2.75) is 33.0 Å². The molecule has 0 aliphatic heterocycles. The van der Waals surface area contributed by atoms with E-state index in [0.29, 0.717) is 12.6 Å². The summed E-state index contributed by atoms with van der Waals surface area (Å²) >= 11 is 3.59. The van der Waals surface area contributed by atoms with Crippen LogP contribution in [-0.4, -0.2) is 16.8 Å². The molecule has 2 rings (SSSR count). The van der Waals surface area contributed by atoms with Crippen molar-refractivity contribution in [1.82, 2.24) is 15.1 Å². The number of hydrogen-bond acceptors (Lipinski definition) is 3. The Hall–Kier alpha value is -1.33. The summed E-state index contributed by atoms with van der Waals surface area (Å²) in [7, 11) is 1.94. The van der Waals surface area contributed by atoms with E-state index >= 15 is 0 Å². The Balaban J connectivity index is 1.99. The second kappa shape index (κ2) is 6.90. The SMILES string of the molecule is CNCc1ccc(COc2cnn(C(C)C)c2)c(Br)c1. The molecule has 0 bridgehead atoms. The number of nitrogens with zero attached hydrogens (tertiary/aromatic N) is 2. The molecule has 2 aromatic rings. The lowest BCUT2D eigenvalue weighted by molar-refractivity contribution is 0.304. The summed E-state index contributed by atoms with van der Waals surface area (Å²) in [6.45, 7) is 5.58. The Labute approximate surface area is 128 Å². The van der Waals surface area contributed by atoms with Gasteiger partial charge in [-0.1, -0.05) is 28.1 Å². The molecule has 1 heterocycles. The van der Waals surface area contributed by atoms with Crippen LogP contribution in [0.3, 0.4) is 0 Å². The van der Waals surface area contributed by atoms with Crippen LogP contribution in [0.2, 0.25) is 0 Å². The van der Waals surface area contributed by atoms with Crippen LogP contribution in [0.5, 0.6) is 5.75 Å². The Morgan fingerprint density at radius 2 is 2.20 bits per heavy atom. The van der Waals surface area contributed by atoms with Crippen molar-refractivity contribution in [2.24, 2.45) is 0 Å². The topological polar surface area (TPSA) is 39.1 Å². The van der Waals surface area contributed by atoms with Crippen molar-refractivity contribution < 1.29 is 4.74 Å². The monoisotopic (exact) mass is 337 g/mol. The Morgan fingerprint density at radius 1 is 1.40 bits per heavy atom. The zero-order chi connectivity index (χ0) is 14.5. The van der Waals surface area contributed by atoms with Gasteiger partial charge >= 0.3 is 0 Å². The van der Waals surface area contributed by atoms with Crippen LogP contribution in [0.15, 0.2) is 35.1 Å². The van der Waals surface area contributed by atoms with Gasteiger partial charge in [-0.25, -0.2) is 0 Å². The first-order valence-electron chi connectivity index (χ1n) is 6.69. The van der Waals surface area contributed by atoms with E-state index in [1.807, 2.05) is 17.9 Å². The van der Waals surface area contributed by atoms with Crippen molar-refractivity contribution in [3.8, 4) is 5.75 Å². The van der Waals surface area contributed by atoms with E-state index in [0.717, 1.165) is 22.3 Å². The maximum absolute atomic E-state index is 5.77. The zero-order valence-electron chi connectivity index (χ0n) is 12.1. The Kier molecular flexibility index (Phi) is 5.20. The molecule has 5 heteroatoms. The molecule has 0 fully saturated rings. The predicted molar refractivity (Wildman–Crippen MR) is 83.8 cm³/mol. The number of aromatic nitrogens is 2. The minimum atomic E-state index is 0.347. The maximum Gasteiger partial charge on any atom is 0.157 e. The molecule has 0 amide bonds. The van der Waals surface area contributed by atoms with Crippen LogP contribution in [0.1, 0.15) is 31.0 Å². The van der Waals surface area contributed by atoms with E-state index in [4.69, 9.17) is 4.74 Å². The first-order valence-corrected chi connectivity index (χ1v) is 7.48. The number of rotatable bonds is 6. The second-order valence-electron chi connectivity index (χ2n) is 4.99. The molecule has 1 aromatic heterocycles. The van der Waals surface area contributed by atoms with Crippen molar-refractivity contribution in [1.29, 1.82) is 0 Å².